The number of nitriles is 1. The first kappa shape index (κ1) is 16.4. The van der Waals surface area contributed by atoms with Crippen molar-refractivity contribution in [3.8, 4) is 6.07 Å². The number of nitrogens with one attached hydrogen (secondary N) is 3. The number of carboxylic acids is 1. The number of rotatable bonds is 6. The first-order chi connectivity index (χ1) is 8.90. The molecule has 0 aromatic rings. The van der Waals surface area contributed by atoms with Crippen molar-refractivity contribution >= 4 is 17.9 Å². The molecule has 0 aliphatic carbocycles. The van der Waals surface area contributed by atoms with Crippen molar-refractivity contribution in [1.82, 2.24) is 16.0 Å². The molecule has 19 heavy (non-hydrogen) atoms. The van der Waals surface area contributed by atoms with E-state index in [1.807, 2.05) is 5.32 Å². The smallest absolute Gasteiger partial charge is 0.321 e. The van der Waals surface area contributed by atoms with Gasteiger partial charge in [-0.2, -0.15) is 5.26 Å². The normalized spacial score (nSPS) is 11.9. The first-order valence-corrected chi connectivity index (χ1v) is 5.17. The molecule has 0 rings (SSSR count). The minimum Gasteiger partial charge on any atom is -0.481 e. The van der Waals surface area contributed by atoms with Crippen LogP contribution in [0.4, 0.5) is 4.79 Å². The Morgan fingerprint density at radius 2 is 2.05 bits per heavy atom. The van der Waals surface area contributed by atoms with Gasteiger partial charge >= 0.3 is 12.0 Å². The molecule has 0 aliphatic heterocycles. The third-order valence-corrected chi connectivity index (χ3v) is 1.83. The monoisotopic (exact) mass is 270 g/mol. The van der Waals surface area contributed by atoms with E-state index in [1.165, 1.54) is 7.05 Å². The van der Waals surface area contributed by atoms with Crippen molar-refractivity contribution in [2.45, 2.75) is 12.5 Å². The van der Waals surface area contributed by atoms with Crippen LogP contribution in [0.15, 0.2) is 11.8 Å². The lowest BCUT2D eigenvalue weighted by atomic mass is 10.2. The zero-order valence-electron chi connectivity index (χ0n) is 10.1. The van der Waals surface area contributed by atoms with Crippen molar-refractivity contribution in [2.24, 2.45) is 0 Å². The van der Waals surface area contributed by atoms with Crippen molar-refractivity contribution in [2.75, 3.05) is 13.6 Å². The highest BCUT2D eigenvalue weighted by Gasteiger charge is 2.12. The molecule has 5 N–H and O–H groups in total. The van der Waals surface area contributed by atoms with Gasteiger partial charge in [-0.25, -0.2) is 4.79 Å². The van der Waals surface area contributed by atoms with E-state index in [2.05, 4.69) is 10.6 Å². The molecule has 0 aromatic carbocycles. The third-order valence-electron chi connectivity index (χ3n) is 1.83. The van der Waals surface area contributed by atoms with E-state index in [0.717, 1.165) is 6.20 Å². The number of aliphatic carboxylic acids is 1. The molecule has 104 valence electrons. The Labute approximate surface area is 108 Å². The van der Waals surface area contributed by atoms with Crippen LogP contribution in [0.5, 0.6) is 0 Å². The highest BCUT2D eigenvalue weighted by Crippen LogP contribution is 1.93. The van der Waals surface area contributed by atoms with Gasteiger partial charge in [-0.15, -0.1) is 0 Å². The standard InChI is InChI=1S/C10H14N4O5/c1-12-10(19)14-9(18)6(3-11)4-13-5-7(15)2-8(16)17/h4,7,13,15H,2,5H2,1H3,(H,16,17)(H2,12,14,18,19)/b6-4-/t7-/m1/s1. The van der Waals surface area contributed by atoms with Crippen LogP contribution in [0.2, 0.25) is 0 Å². The summed E-state index contributed by atoms with van der Waals surface area (Å²) in [6.07, 6.45) is -0.632. The highest BCUT2D eigenvalue weighted by molar-refractivity contribution is 6.05. The van der Waals surface area contributed by atoms with Gasteiger partial charge in [0.25, 0.3) is 5.91 Å². The van der Waals surface area contributed by atoms with Crippen molar-refractivity contribution in [1.29, 1.82) is 5.26 Å². The second kappa shape index (κ2) is 8.48. The second-order valence-corrected chi connectivity index (χ2v) is 3.36. The number of urea groups is 1. The van der Waals surface area contributed by atoms with Crippen LogP contribution in [-0.2, 0) is 9.59 Å². The minimum atomic E-state index is -1.17. The average molecular weight is 270 g/mol. The van der Waals surface area contributed by atoms with Gasteiger partial charge in [0.1, 0.15) is 11.6 Å². The molecule has 0 radical (unpaired) electrons. The SMILES string of the molecule is CNC(=O)NC(=O)/C(C#N)=C\NC[C@H](O)CC(=O)O. The molecule has 0 spiro atoms. The van der Waals surface area contributed by atoms with Crippen LogP contribution < -0.4 is 16.0 Å². The molecule has 0 saturated heterocycles. The minimum absolute atomic E-state index is 0.148. The largest absolute Gasteiger partial charge is 0.481 e. The maximum absolute atomic E-state index is 11.3. The summed E-state index contributed by atoms with van der Waals surface area (Å²) < 4.78 is 0. The number of amides is 3. The number of aliphatic hydroxyl groups excluding tert-OH is 1. The summed E-state index contributed by atoms with van der Waals surface area (Å²) in [5, 5.41) is 32.7. The molecule has 0 aliphatic rings. The molecule has 0 aromatic heterocycles. The Morgan fingerprint density at radius 1 is 1.42 bits per heavy atom. The van der Waals surface area contributed by atoms with E-state index in [-0.39, 0.29) is 12.1 Å². The molecule has 0 heterocycles. The Bertz CT molecular complexity index is 426. The van der Waals surface area contributed by atoms with Crippen molar-refractivity contribution in [3.05, 3.63) is 11.8 Å². The van der Waals surface area contributed by atoms with E-state index in [9.17, 15) is 19.5 Å². The Hall–Kier alpha value is -2.60. The zero-order chi connectivity index (χ0) is 14.8. The van der Waals surface area contributed by atoms with Gasteiger partial charge in [0, 0.05) is 19.8 Å². The molecule has 9 nitrogen and oxygen atoms in total. The number of nitrogens with zero attached hydrogens (tertiary/aromatic N) is 1. The fourth-order valence-electron chi connectivity index (χ4n) is 0.952. The van der Waals surface area contributed by atoms with E-state index in [4.69, 9.17) is 10.4 Å². The molecule has 9 heteroatoms. The van der Waals surface area contributed by atoms with Crippen LogP contribution in [0.3, 0.4) is 0 Å². The number of aliphatic hydroxyl groups is 1. The van der Waals surface area contributed by atoms with E-state index >= 15 is 0 Å². The summed E-state index contributed by atoms with van der Waals surface area (Å²) >= 11 is 0. The van der Waals surface area contributed by atoms with Crippen LogP contribution in [0.25, 0.3) is 0 Å². The molecule has 3 amide bonds. The molecule has 1 atom stereocenters. The molecule has 0 unspecified atom stereocenters. The summed E-state index contributed by atoms with van der Waals surface area (Å²) in [6, 6.07) is 0.788. The molecule has 0 fully saturated rings. The average Bonchev–Trinajstić information content (AvgIpc) is 2.33. The van der Waals surface area contributed by atoms with Crippen molar-refractivity contribution < 1.29 is 24.6 Å². The lowest BCUT2D eigenvalue weighted by Crippen LogP contribution is -2.38. The van der Waals surface area contributed by atoms with Gasteiger partial charge in [-0.1, -0.05) is 0 Å². The fourth-order valence-corrected chi connectivity index (χ4v) is 0.952. The fraction of sp³-hybridized carbons (Fsp3) is 0.400. The molecule has 0 bridgehead atoms. The Morgan fingerprint density at radius 3 is 2.53 bits per heavy atom. The predicted molar refractivity (Wildman–Crippen MR) is 62.6 cm³/mol. The number of carbonyl (C=O) groups is 3. The topological polar surface area (TPSA) is 152 Å². The number of hydrogen-bond acceptors (Lipinski definition) is 6. The second-order valence-electron chi connectivity index (χ2n) is 3.36. The zero-order valence-corrected chi connectivity index (χ0v) is 10.1. The Kier molecular flexibility index (Phi) is 7.32. The summed E-state index contributed by atoms with van der Waals surface area (Å²) in [5.41, 5.74) is -0.383. The van der Waals surface area contributed by atoms with E-state index < -0.39 is 30.4 Å². The van der Waals surface area contributed by atoms with Gasteiger partial charge < -0.3 is 20.8 Å². The first-order valence-electron chi connectivity index (χ1n) is 5.17. The van der Waals surface area contributed by atoms with E-state index in [1.54, 1.807) is 6.07 Å². The maximum Gasteiger partial charge on any atom is 0.321 e. The number of carboxylic acid groups (broad SMARTS) is 1. The van der Waals surface area contributed by atoms with Gasteiger partial charge in [-0.05, 0) is 0 Å². The van der Waals surface area contributed by atoms with Gasteiger partial charge in [0.2, 0.25) is 0 Å². The van der Waals surface area contributed by atoms with Crippen molar-refractivity contribution in [3.63, 3.8) is 0 Å². The predicted octanol–water partition coefficient (Wildman–Crippen LogP) is -1.73. The summed E-state index contributed by atoms with van der Waals surface area (Å²) in [5.74, 6) is -2.08. The Balaban J connectivity index is 4.34. The highest BCUT2D eigenvalue weighted by atomic mass is 16.4. The summed E-state index contributed by atoms with van der Waals surface area (Å²) in [7, 11) is 1.30. The lowest BCUT2D eigenvalue weighted by molar-refractivity contribution is -0.139. The van der Waals surface area contributed by atoms with Crippen LogP contribution >= 0.6 is 0 Å². The van der Waals surface area contributed by atoms with Gasteiger partial charge in [0.15, 0.2) is 0 Å². The maximum atomic E-state index is 11.3. The third kappa shape index (κ3) is 7.35. The quantitative estimate of drug-likeness (QED) is 0.284. The number of hydrogen-bond donors (Lipinski definition) is 5. The van der Waals surface area contributed by atoms with Crippen LogP contribution in [-0.4, -0.2) is 47.8 Å². The van der Waals surface area contributed by atoms with Gasteiger partial charge in [0.05, 0.1) is 12.5 Å². The van der Waals surface area contributed by atoms with E-state index in [0.29, 0.717) is 0 Å². The van der Waals surface area contributed by atoms with Crippen LogP contribution in [0.1, 0.15) is 6.42 Å². The van der Waals surface area contributed by atoms with Crippen LogP contribution in [0, 0.1) is 11.3 Å². The number of carbonyl (C=O) groups excluding carboxylic acids is 2. The molecular weight excluding hydrogens is 256 g/mol. The lowest BCUT2D eigenvalue weighted by Gasteiger charge is -2.07. The number of imide groups is 1. The molecule has 0 saturated carbocycles. The molecular formula is C10H14N4O5. The van der Waals surface area contributed by atoms with Gasteiger partial charge in [-0.3, -0.25) is 14.9 Å². The summed E-state index contributed by atoms with van der Waals surface area (Å²) in [4.78, 5) is 32.4. The summed E-state index contributed by atoms with van der Waals surface area (Å²) in [6.45, 7) is -0.148.